The molecule has 8 nitrogen and oxygen atoms in total. The normalized spacial score (nSPS) is 12.7. The largest absolute Gasteiger partial charge is 0.481 e. The highest BCUT2D eigenvalue weighted by Crippen LogP contribution is 2.14. The van der Waals surface area contributed by atoms with Crippen LogP contribution in [0.4, 0.5) is 4.79 Å². The van der Waals surface area contributed by atoms with Crippen LogP contribution in [0.15, 0.2) is 5.16 Å². The molecule has 0 aliphatic carbocycles. The van der Waals surface area contributed by atoms with Crippen molar-refractivity contribution in [1.82, 2.24) is 5.32 Å². The van der Waals surface area contributed by atoms with Crippen LogP contribution in [0.25, 0.3) is 0 Å². The van der Waals surface area contributed by atoms with Crippen LogP contribution in [-0.4, -0.2) is 42.0 Å². The van der Waals surface area contributed by atoms with Gasteiger partial charge in [0.25, 0.3) is 0 Å². The molecule has 0 bridgehead atoms. The summed E-state index contributed by atoms with van der Waals surface area (Å²) in [5.74, 6) is -1.47. The van der Waals surface area contributed by atoms with Gasteiger partial charge in [-0.25, -0.2) is 9.59 Å². The molecule has 126 valence electrons. The van der Waals surface area contributed by atoms with Gasteiger partial charge in [0.1, 0.15) is 0 Å². The minimum atomic E-state index is -0.919. The van der Waals surface area contributed by atoms with Crippen molar-refractivity contribution in [2.75, 3.05) is 13.2 Å². The van der Waals surface area contributed by atoms with Gasteiger partial charge in [0, 0.05) is 13.0 Å². The van der Waals surface area contributed by atoms with Crippen LogP contribution in [0.3, 0.4) is 0 Å². The molecule has 0 radical (unpaired) electrons. The molecule has 1 atom stereocenters. The highest BCUT2D eigenvalue weighted by Gasteiger charge is 2.17. The van der Waals surface area contributed by atoms with Gasteiger partial charge < -0.3 is 15.2 Å². The second-order valence-electron chi connectivity index (χ2n) is 5.25. The average molecular weight is 316 g/mol. The third kappa shape index (κ3) is 9.73. The maximum absolute atomic E-state index is 11.5. The zero-order chi connectivity index (χ0) is 17.1. The Labute approximate surface area is 129 Å². The summed E-state index contributed by atoms with van der Waals surface area (Å²) in [6, 6.07) is 0. The van der Waals surface area contributed by atoms with E-state index in [0.717, 1.165) is 0 Å². The summed E-state index contributed by atoms with van der Waals surface area (Å²) in [6.45, 7) is 7.31. The molecule has 0 spiro atoms. The molecule has 2 N–H and O–H groups in total. The number of carbonyl (C=O) groups excluding carboxylic acids is 2. The third-order valence-corrected chi connectivity index (χ3v) is 2.64. The summed E-state index contributed by atoms with van der Waals surface area (Å²) in [5, 5.41) is 14.6. The fourth-order valence-electron chi connectivity index (χ4n) is 1.80. The Bertz CT molecular complexity index is 420. The fourth-order valence-corrected chi connectivity index (χ4v) is 1.80. The van der Waals surface area contributed by atoms with Crippen molar-refractivity contribution in [3.63, 3.8) is 0 Å². The third-order valence-electron chi connectivity index (χ3n) is 2.64. The molecule has 0 rings (SSSR count). The average Bonchev–Trinajstić information content (AvgIpc) is 2.41. The second kappa shape index (κ2) is 10.6. The summed E-state index contributed by atoms with van der Waals surface area (Å²) < 4.78 is 4.67. The summed E-state index contributed by atoms with van der Waals surface area (Å²) in [5.41, 5.74) is -0.0822. The van der Waals surface area contributed by atoms with Gasteiger partial charge in [-0.2, -0.15) is 0 Å². The summed E-state index contributed by atoms with van der Waals surface area (Å²) in [7, 11) is 0. The number of carboxylic acid groups (broad SMARTS) is 1. The van der Waals surface area contributed by atoms with E-state index in [1.165, 1.54) is 6.92 Å². The molecule has 0 aliphatic heterocycles. The van der Waals surface area contributed by atoms with Crippen molar-refractivity contribution in [3.05, 3.63) is 0 Å². The number of nitrogens with one attached hydrogen (secondary N) is 1. The quantitative estimate of drug-likeness (QED) is 0.290. The maximum Gasteiger partial charge on any atom is 0.433 e. The zero-order valence-corrected chi connectivity index (χ0v) is 13.4. The Morgan fingerprint density at radius 2 is 1.91 bits per heavy atom. The molecule has 1 amide bonds. The molecule has 0 unspecified atom stereocenters. The van der Waals surface area contributed by atoms with Crippen molar-refractivity contribution in [2.24, 2.45) is 17.0 Å². The van der Waals surface area contributed by atoms with Gasteiger partial charge in [-0.15, -0.1) is 0 Å². The standard InChI is InChI=1S/C14H24N2O6/c1-5-21-13(19)10(4)16-22-14(20)15-8-11(6-9(2)3)7-12(17)18/h9,11H,5-8H2,1-4H3,(H,15,20)(H,17,18)/t11-/m0/s1. The number of carboxylic acids is 1. The molecule has 0 aromatic rings. The van der Waals surface area contributed by atoms with E-state index >= 15 is 0 Å². The Balaban J connectivity index is 4.31. The fraction of sp³-hybridized carbons (Fsp3) is 0.714. The first-order chi connectivity index (χ1) is 10.3. The number of aliphatic carboxylic acids is 1. The van der Waals surface area contributed by atoms with Crippen molar-refractivity contribution in [1.29, 1.82) is 0 Å². The molecule has 22 heavy (non-hydrogen) atoms. The Kier molecular flexibility index (Phi) is 9.56. The van der Waals surface area contributed by atoms with Crippen LogP contribution < -0.4 is 5.32 Å². The van der Waals surface area contributed by atoms with Crippen molar-refractivity contribution >= 4 is 23.7 Å². The topological polar surface area (TPSA) is 114 Å². The van der Waals surface area contributed by atoms with E-state index in [9.17, 15) is 14.4 Å². The first kappa shape index (κ1) is 19.9. The molecule has 8 heteroatoms. The van der Waals surface area contributed by atoms with E-state index in [4.69, 9.17) is 5.11 Å². The number of oxime groups is 1. The lowest BCUT2D eigenvalue weighted by molar-refractivity contribution is -0.138. The zero-order valence-electron chi connectivity index (χ0n) is 13.4. The lowest BCUT2D eigenvalue weighted by atomic mass is 9.94. The van der Waals surface area contributed by atoms with Crippen LogP contribution in [-0.2, 0) is 19.2 Å². The number of rotatable bonds is 9. The number of hydrogen-bond acceptors (Lipinski definition) is 6. The van der Waals surface area contributed by atoms with Crippen LogP contribution in [0.1, 0.15) is 40.5 Å². The molecule has 0 aromatic heterocycles. The lowest BCUT2D eigenvalue weighted by Gasteiger charge is -2.16. The molecule has 0 fully saturated rings. The smallest absolute Gasteiger partial charge is 0.433 e. The van der Waals surface area contributed by atoms with Crippen molar-refractivity contribution < 1.29 is 29.1 Å². The van der Waals surface area contributed by atoms with Gasteiger partial charge in [0.05, 0.1) is 6.61 Å². The lowest BCUT2D eigenvalue weighted by Crippen LogP contribution is -2.31. The molecule has 0 heterocycles. The maximum atomic E-state index is 11.5. The Morgan fingerprint density at radius 3 is 2.41 bits per heavy atom. The first-order valence-electron chi connectivity index (χ1n) is 7.14. The predicted octanol–water partition coefficient (Wildman–Crippen LogP) is 1.79. The van der Waals surface area contributed by atoms with E-state index in [2.05, 4.69) is 20.0 Å². The Hall–Kier alpha value is -2.12. The Morgan fingerprint density at radius 1 is 1.27 bits per heavy atom. The number of carbonyl (C=O) groups is 3. The molecule has 0 saturated heterocycles. The number of nitrogens with zero attached hydrogens (tertiary/aromatic N) is 1. The van der Waals surface area contributed by atoms with Gasteiger partial charge in [-0.05, 0) is 32.1 Å². The summed E-state index contributed by atoms with van der Waals surface area (Å²) in [4.78, 5) is 38.0. The van der Waals surface area contributed by atoms with Gasteiger partial charge >= 0.3 is 18.0 Å². The van der Waals surface area contributed by atoms with Crippen molar-refractivity contribution in [2.45, 2.75) is 40.5 Å². The van der Waals surface area contributed by atoms with E-state index < -0.39 is 18.0 Å². The molecule has 0 saturated carbocycles. The number of amides is 1. The van der Waals surface area contributed by atoms with E-state index in [1.807, 2.05) is 13.8 Å². The SMILES string of the molecule is CCOC(=O)C(C)=NOC(=O)NC[C@H](CC(=O)O)CC(C)C. The molecular formula is C14H24N2O6. The minimum absolute atomic E-state index is 0.0381. The van der Waals surface area contributed by atoms with E-state index in [-0.39, 0.29) is 31.2 Å². The van der Waals surface area contributed by atoms with Crippen molar-refractivity contribution in [3.8, 4) is 0 Å². The number of ether oxygens (including phenoxy) is 1. The van der Waals surface area contributed by atoms with Crippen LogP contribution in [0, 0.1) is 11.8 Å². The van der Waals surface area contributed by atoms with Crippen LogP contribution in [0.5, 0.6) is 0 Å². The first-order valence-corrected chi connectivity index (χ1v) is 7.14. The highest BCUT2D eigenvalue weighted by molar-refractivity contribution is 6.35. The predicted molar refractivity (Wildman–Crippen MR) is 79.4 cm³/mol. The minimum Gasteiger partial charge on any atom is -0.481 e. The molecule has 0 aromatic carbocycles. The monoisotopic (exact) mass is 316 g/mol. The summed E-state index contributed by atoms with van der Waals surface area (Å²) >= 11 is 0. The van der Waals surface area contributed by atoms with Crippen LogP contribution >= 0.6 is 0 Å². The van der Waals surface area contributed by atoms with Gasteiger partial charge in [0.2, 0.25) is 0 Å². The van der Waals surface area contributed by atoms with Gasteiger partial charge in [-0.3, -0.25) is 9.63 Å². The number of hydrogen-bond donors (Lipinski definition) is 2. The van der Waals surface area contributed by atoms with E-state index in [0.29, 0.717) is 12.3 Å². The second-order valence-corrected chi connectivity index (χ2v) is 5.25. The highest BCUT2D eigenvalue weighted by atomic mass is 16.7. The molecule has 0 aliphatic rings. The van der Waals surface area contributed by atoms with Gasteiger partial charge in [-0.1, -0.05) is 19.0 Å². The van der Waals surface area contributed by atoms with E-state index in [1.54, 1.807) is 6.92 Å². The summed E-state index contributed by atoms with van der Waals surface area (Å²) in [6.07, 6.45) is -0.218. The molecular weight excluding hydrogens is 292 g/mol. The number of esters is 1. The van der Waals surface area contributed by atoms with Gasteiger partial charge in [0.15, 0.2) is 5.71 Å². The van der Waals surface area contributed by atoms with Crippen LogP contribution in [0.2, 0.25) is 0 Å².